The molecule has 1 rings (SSSR count). The topological polar surface area (TPSA) is 12.0 Å². The highest BCUT2D eigenvalue weighted by atomic mass is 79.9. The van der Waals surface area contributed by atoms with Gasteiger partial charge in [-0.25, -0.2) is 0 Å². The van der Waals surface area contributed by atoms with E-state index >= 15 is 0 Å². The SMILES string of the molecule is CSCCC(CNC(C)(C)C)Cc1ccccc1Br. The van der Waals surface area contributed by atoms with Crippen molar-refractivity contribution in [3.8, 4) is 0 Å². The van der Waals surface area contributed by atoms with Crippen LogP contribution < -0.4 is 5.32 Å². The van der Waals surface area contributed by atoms with Gasteiger partial charge < -0.3 is 5.32 Å². The molecule has 1 N–H and O–H groups in total. The van der Waals surface area contributed by atoms with Crippen molar-refractivity contribution in [1.82, 2.24) is 5.32 Å². The van der Waals surface area contributed by atoms with Crippen molar-refractivity contribution in [1.29, 1.82) is 0 Å². The molecule has 0 radical (unpaired) electrons. The quantitative estimate of drug-likeness (QED) is 0.766. The number of hydrogen-bond acceptors (Lipinski definition) is 2. The van der Waals surface area contributed by atoms with Gasteiger partial charge in [0, 0.05) is 10.0 Å². The van der Waals surface area contributed by atoms with Gasteiger partial charge in [0.2, 0.25) is 0 Å². The summed E-state index contributed by atoms with van der Waals surface area (Å²) in [5, 5.41) is 3.65. The Labute approximate surface area is 131 Å². The number of nitrogens with one attached hydrogen (secondary N) is 1. The smallest absolute Gasteiger partial charge is 0.0207 e. The summed E-state index contributed by atoms with van der Waals surface area (Å²) in [7, 11) is 0. The zero-order valence-corrected chi connectivity index (χ0v) is 14.9. The molecule has 3 heteroatoms. The van der Waals surface area contributed by atoms with Gasteiger partial charge in [-0.2, -0.15) is 11.8 Å². The summed E-state index contributed by atoms with van der Waals surface area (Å²) in [6.45, 7) is 7.79. The molecule has 0 aromatic heterocycles. The highest BCUT2D eigenvalue weighted by Crippen LogP contribution is 2.22. The summed E-state index contributed by atoms with van der Waals surface area (Å²) in [6, 6.07) is 8.58. The van der Waals surface area contributed by atoms with Gasteiger partial charge in [0.05, 0.1) is 0 Å². The van der Waals surface area contributed by atoms with Crippen LogP contribution in [-0.2, 0) is 6.42 Å². The summed E-state index contributed by atoms with van der Waals surface area (Å²) < 4.78 is 1.24. The van der Waals surface area contributed by atoms with Crippen LogP contribution in [0.2, 0.25) is 0 Å². The lowest BCUT2D eigenvalue weighted by molar-refractivity contribution is 0.364. The maximum absolute atomic E-state index is 3.66. The molecule has 0 aliphatic carbocycles. The van der Waals surface area contributed by atoms with Crippen LogP contribution in [0.5, 0.6) is 0 Å². The van der Waals surface area contributed by atoms with Crippen molar-refractivity contribution >= 4 is 27.7 Å². The van der Waals surface area contributed by atoms with Crippen molar-refractivity contribution in [2.75, 3.05) is 18.6 Å². The molecule has 0 aliphatic heterocycles. The van der Waals surface area contributed by atoms with Crippen LogP contribution in [0.4, 0.5) is 0 Å². The fraction of sp³-hybridized carbons (Fsp3) is 0.625. The molecule has 0 bridgehead atoms. The van der Waals surface area contributed by atoms with E-state index in [1.165, 1.54) is 22.2 Å². The van der Waals surface area contributed by atoms with Gasteiger partial charge in [0.1, 0.15) is 0 Å². The van der Waals surface area contributed by atoms with Crippen molar-refractivity contribution < 1.29 is 0 Å². The van der Waals surface area contributed by atoms with Gasteiger partial charge in [0.15, 0.2) is 0 Å². The van der Waals surface area contributed by atoms with E-state index in [2.05, 4.69) is 72.5 Å². The van der Waals surface area contributed by atoms with Crippen LogP contribution >= 0.6 is 27.7 Å². The molecular weight excluding hydrogens is 318 g/mol. The first kappa shape index (κ1) is 17.1. The third-order valence-corrected chi connectivity index (χ3v) is 4.54. The van der Waals surface area contributed by atoms with Gasteiger partial charge in [-0.15, -0.1) is 0 Å². The van der Waals surface area contributed by atoms with E-state index in [4.69, 9.17) is 0 Å². The number of halogens is 1. The fourth-order valence-electron chi connectivity index (χ4n) is 1.99. The maximum atomic E-state index is 3.66. The monoisotopic (exact) mass is 343 g/mol. The Morgan fingerprint density at radius 1 is 1.26 bits per heavy atom. The molecule has 0 heterocycles. The molecule has 1 atom stereocenters. The van der Waals surface area contributed by atoms with E-state index in [1.807, 2.05) is 11.8 Å². The van der Waals surface area contributed by atoms with Gasteiger partial charge in [-0.1, -0.05) is 34.1 Å². The van der Waals surface area contributed by atoms with E-state index < -0.39 is 0 Å². The Morgan fingerprint density at radius 2 is 1.95 bits per heavy atom. The van der Waals surface area contributed by atoms with Crippen molar-refractivity contribution in [3.05, 3.63) is 34.3 Å². The molecule has 0 amide bonds. The lowest BCUT2D eigenvalue weighted by Crippen LogP contribution is -2.39. The summed E-state index contributed by atoms with van der Waals surface area (Å²) in [6.07, 6.45) is 4.60. The second-order valence-electron chi connectivity index (χ2n) is 6.07. The van der Waals surface area contributed by atoms with E-state index in [-0.39, 0.29) is 5.54 Å². The van der Waals surface area contributed by atoms with Crippen molar-refractivity contribution in [2.45, 2.75) is 39.2 Å². The zero-order valence-electron chi connectivity index (χ0n) is 12.5. The molecule has 0 fully saturated rings. The number of benzene rings is 1. The first-order valence-corrected chi connectivity index (χ1v) is 9.08. The standard InChI is InChI=1S/C16H26BrNS/c1-16(2,3)18-12-13(9-10-19-4)11-14-7-5-6-8-15(14)17/h5-8,13,18H,9-12H2,1-4H3. The number of thioether (sulfide) groups is 1. The summed E-state index contributed by atoms with van der Waals surface area (Å²) in [4.78, 5) is 0. The lowest BCUT2D eigenvalue weighted by Gasteiger charge is -2.25. The Bertz CT molecular complexity index is 373. The molecule has 1 unspecified atom stereocenters. The predicted octanol–water partition coefficient (Wildman–Crippen LogP) is 4.75. The van der Waals surface area contributed by atoms with Crippen molar-refractivity contribution in [3.63, 3.8) is 0 Å². The third kappa shape index (κ3) is 7.38. The third-order valence-electron chi connectivity index (χ3n) is 3.12. The molecule has 1 nitrogen and oxygen atoms in total. The van der Waals surface area contributed by atoms with Gasteiger partial charge in [-0.3, -0.25) is 0 Å². The Morgan fingerprint density at radius 3 is 2.53 bits per heavy atom. The van der Waals surface area contributed by atoms with Crippen LogP contribution in [-0.4, -0.2) is 24.1 Å². The molecule has 108 valence electrons. The fourth-order valence-corrected chi connectivity index (χ4v) is 3.00. The molecule has 0 spiro atoms. The largest absolute Gasteiger partial charge is 0.312 e. The highest BCUT2D eigenvalue weighted by Gasteiger charge is 2.15. The average Bonchev–Trinajstić information content (AvgIpc) is 2.34. The lowest BCUT2D eigenvalue weighted by atomic mass is 9.95. The molecule has 1 aromatic rings. The Kier molecular flexibility index (Phi) is 7.48. The van der Waals surface area contributed by atoms with Gasteiger partial charge >= 0.3 is 0 Å². The van der Waals surface area contributed by atoms with Crippen LogP contribution in [0.15, 0.2) is 28.7 Å². The minimum absolute atomic E-state index is 0.200. The summed E-state index contributed by atoms with van der Waals surface area (Å²) in [5.74, 6) is 1.94. The Hall–Kier alpha value is 0.01000. The predicted molar refractivity (Wildman–Crippen MR) is 92.1 cm³/mol. The Balaban J connectivity index is 2.61. The summed E-state index contributed by atoms with van der Waals surface area (Å²) in [5.41, 5.74) is 1.62. The first-order valence-electron chi connectivity index (χ1n) is 6.90. The molecule has 19 heavy (non-hydrogen) atoms. The van der Waals surface area contributed by atoms with Gasteiger partial charge in [0.25, 0.3) is 0 Å². The van der Waals surface area contributed by atoms with Crippen LogP contribution in [0.1, 0.15) is 32.8 Å². The van der Waals surface area contributed by atoms with Gasteiger partial charge in [-0.05, 0) is 69.7 Å². The minimum atomic E-state index is 0.200. The van der Waals surface area contributed by atoms with E-state index in [9.17, 15) is 0 Å². The molecule has 1 aromatic carbocycles. The van der Waals surface area contributed by atoms with E-state index in [0.717, 1.165) is 13.0 Å². The normalized spacial score (nSPS) is 13.5. The van der Waals surface area contributed by atoms with E-state index in [1.54, 1.807) is 0 Å². The maximum Gasteiger partial charge on any atom is 0.0207 e. The van der Waals surface area contributed by atoms with E-state index in [0.29, 0.717) is 5.92 Å². The molecule has 0 saturated heterocycles. The highest BCUT2D eigenvalue weighted by molar-refractivity contribution is 9.10. The first-order chi connectivity index (χ1) is 8.92. The zero-order chi connectivity index (χ0) is 14.3. The number of hydrogen-bond donors (Lipinski definition) is 1. The van der Waals surface area contributed by atoms with Crippen LogP contribution in [0.3, 0.4) is 0 Å². The average molecular weight is 344 g/mol. The molecule has 0 saturated carbocycles. The van der Waals surface area contributed by atoms with Crippen LogP contribution in [0, 0.1) is 5.92 Å². The second-order valence-corrected chi connectivity index (χ2v) is 7.91. The number of rotatable bonds is 7. The van der Waals surface area contributed by atoms with Crippen molar-refractivity contribution in [2.24, 2.45) is 5.92 Å². The van der Waals surface area contributed by atoms with Crippen LogP contribution in [0.25, 0.3) is 0 Å². The molecular formula is C16H26BrNS. The summed E-state index contributed by atoms with van der Waals surface area (Å²) >= 11 is 5.60. The minimum Gasteiger partial charge on any atom is -0.312 e. The molecule has 0 aliphatic rings. The second kappa shape index (κ2) is 8.33.